The molecule has 38 heteroatoms. The molecule has 0 aromatic rings. The van der Waals surface area contributed by atoms with Gasteiger partial charge in [-0.2, -0.15) is 0 Å². The number of hydrogen-bond acceptors (Lipinski definition) is 35. The fourth-order valence-electron chi connectivity index (χ4n) is 11.2. The summed E-state index contributed by atoms with van der Waals surface area (Å²) in [5.41, 5.74) is 0. The first-order valence-corrected chi connectivity index (χ1v) is 27.8. The smallest absolute Gasteiger partial charge is 0.364 e. The molecule has 7 aliphatic rings. The van der Waals surface area contributed by atoms with Crippen molar-refractivity contribution in [1.82, 2.24) is 10.6 Å². The highest BCUT2D eigenvalue weighted by Gasteiger charge is 2.61. The van der Waals surface area contributed by atoms with Crippen LogP contribution in [0, 0.1) is 0 Å². The summed E-state index contributed by atoms with van der Waals surface area (Å²) in [5.74, 6) is -7.10. The van der Waals surface area contributed by atoms with E-state index in [1.807, 2.05) is 0 Å². The predicted molar refractivity (Wildman–Crippen MR) is 268 cm³/mol. The van der Waals surface area contributed by atoms with Crippen LogP contribution in [0.1, 0.15) is 41.0 Å². The third-order valence-corrected chi connectivity index (χ3v) is 16.2. The molecule has 0 aliphatic carbocycles. The summed E-state index contributed by atoms with van der Waals surface area (Å²) < 4.78 is 74.8. The molecular weight excluding hydrogens is 1190 g/mol. The SMILES string of the molecule is CC(=O)N[C@@H]1[C@@H](O[C@@H]2O[C@H](CO)[C@@H](O[C@@H]3O[C@H](CO)[C@H](O)[C@H](O)[C@H]3O[C@@H]3O[C@@H](C)[C@@H](O)[C@@H](O)[C@@H]3O)[C@H](O)[C@H]2NC(C)=O)[C@@H](O)[C@@H](CO[C@]2(C(=O)O)C[C@H](O[C@@H]3O[C@@H](C)[C@@H](O)[C@@H](O[C@@H]4O[C@@H](C)[C@@H](O)[C@@H](O)[C@@H]4O)[C@@H]3O)[C@@H](O)[C@H]([C@H](O)[C@H](O)CO)O2)O[C@@H]1O. The number of amides is 2. The summed E-state index contributed by atoms with van der Waals surface area (Å²) in [6, 6.07) is -3.73. The Hall–Kier alpha value is -2.87. The molecular formula is C49H82N2O36. The van der Waals surface area contributed by atoms with Crippen LogP contribution in [0.4, 0.5) is 0 Å². The molecule has 0 radical (unpaired) electrons. The van der Waals surface area contributed by atoms with Gasteiger partial charge in [0, 0.05) is 20.3 Å². The molecule has 7 saturated heterocycles. The molecule has 7 aliphatic heterocycles. The first-order chi connectivity index (χ1) is 40.8. The normalized spacial score (nSPS) is 49.7. The standard InChI is InChI=1S/C49H82N2O36/c1-11-23(58)31(66)34(69)44(76-11)85-39-25(60)13(3)78-46(36(39)71)80-17-6-49(48(73)74,87-40(28(17)63)26(61)16(57)7-52)75-10-20-29(64)38(22(42(72)79-20)51-15(5)56)84-43-21(50-14(4)55)30(65)37(19(9-54)82-43)83-47-41(33(68)27(62)18(8-53)81-47)86-45-35(70)32(67)24(59)12(2)77-45/h11-13,16-47,52-54,57-72H,6-10H2,1-5H3,(H,50,55)(H,51,56)(H,73,74)/t11-,12-,13-,16+,17-,18+,19+,20+,21+,22+,23+,24+,25+,26+,27-,28+,29-,30+,31+,32+,33-,34-,35-,36-,37+,38+,39+,40-,41+,42-,43-,44-,45-,46-,47-,49+/m0/s1. The second kappa shape index (κ2) is 29.8. The second-order valence-corrected chi connectivity index (χ2v) is 22.4. The lowest BCUT2D eigenvalue weighted by molar-refractivity contribution is -0.387. The van der Waals surface area contributed by atoms with E-state index in [2.05, 4.69) is 10.6 Å². The molecule has 0 aromatic heterocycles. The maximum absolute atomic E-state index is 13.5. The number of carbonyl (C=O) groups excluding carboxylic acids is 2. The molecule has 0 unspecified atom stereocenters. The average molecular weight is 1280 g/mol. The molecule has 87 heavy (non-hydrogen) atoms. The van der Waals surface area contributed by atoms with Gasteiger partial charge in [0.15, 0.2) is 37.7 Å². The monoisotopic (exact) mass is 1270 g/mol. The van der Waals surface area contributed by atoms with Gasteiger partial charge in [-0.25, -0.2) is 4.79 Å². The van der Waals surface area contributed by atoms with E-state index in [1.54, 1.807) is 0 Å². The highest BCUT2D eigenvalue weighted by atomic mass is 16.8. The molecule has 7 rings (SSSR count). The van der Waals surface area contributed by atoms with Gasteiger partial charge in [-0.1, -0.05) is 0 Å². The summed E-state index contributed by atoms with van der Waals surface area (Å²) in [4.78, 5) is 38.9. The molecule has 36 atom stereocenters. The van der Waals surface area contributed by atoms with E-state index >= 15 is 0 Å². The molecule has 22 N–H and O–H groups in total. The first-order valence-electron chi connectivity index (χ1n) is 27.8. The largest absolute Gasteiger partial charge is 0.477 e. The lowest BCUT2D eigenvalue weighted by Crippen LogP contribution is -2.71. The zero-order chi connectivity index (χ0) is 64.6. The number of aliphatic hydroxyl groups is 19. The van der Waals surface area contributed by atoms with Crippen LogP contribution >= 0.6 is 0 Å². The van der Waals surface area contributed by atoms with Crippen molar-refractivity contribution in [2.45, 2.75) is 261 Å². The van der Waals surface area contributed by atoms with Crippen LogP contribution in [0.2, 0.25) is 0 Å². The van der Waals surface area contributed by atoms with Crippen molar-refractivity contribution in [3.63, 3.8) is 0 Å². The maximum atomic E-state index is 13.5. The maximum Gasteiger partial charge on any atom is 0.364 e. The summed E-state index contributed by atoms with van der Waals surface area (Å²) in [7, 11) is 0. The van der Waals surface area contributed by atoms with Gasteiger partial charge in [0.2, 0.25) is 11.8 Å². The topological polar surface area (TPSA) is 600 Å². The fourth-order valence-corrected chi connectivity index (χ4v) is 11.2. The molecule has 0 bridgehead atoms. The molecule has 38 nitrogen and oxygen atoms in total. The Bertz CT molecular complexity index is 2240. The zero-order valence-corrected chi connectivity index (χ0v) is 47.2. The minimum atomic E-state index is -3.21. The zero-order valence-electron chi connectivity index (χ0n) is 47.2. The van der Waals surface area contributed by atoms with Crippen LogP contribution in [-0.2, 0) is 76.0 Å². The molecule has 504 valence electrons. The third-order valence-electron chi connectivity index (χ3n) is 16.2. The fraction of sp³-hybridized carbons (Fsp3) is 0.939. The van der Waals surface area contributed by atoms with Crippen molar-refractivity contribution in [3.8, 4) is 0 Å². The second-order valence-electron chi connectivity index (χ2n) is 22.4. The quantitative estimate of drug-likeness (QED) is 0.0507. The van der Waals surface area contributed by atoms with Crippen molar-refractivity contribution >= 4 is 17.8 Å². The van der Waals surface area contributed by atoms with Crippen LogP contribution in [0.3, 0.4) is 0 Å². The van der Waals surface area contributed by atoms with E-state index in [4.69, 9.17) is 61.6 Å². The summed E-state index contributed by atoms with van der Waals surface area (Å²) >= 11 is 0. The van der Waals surface area contributed by atoms with Gasteiger partial charge in [0.05, 0.1) is 50.8 Å². The Labute approximate surface area is 493 Å². The highest BCUT2D eigenvalue weighted by Crippen LogP contribution is 2.40. The van der Waals surface area contributed by atoms with Crippen molar-refractivity contribution in [1.29, 1.82) is 0 Å². The van der Waals surface area contributed by atoms with Gasteiger partial charge in [0.1, 0.15) is 152 Å². The van der Waals surface area contributed by atoms with E-state index in [9.17, 15) is 117 Å². The van der Waals surface area contributed by atoms with Gasteiger partial charge in [-0.15, -0.1) is 0 Å². The molecule has 7 heterocycles. The van der Waals surface area contributed by atoms with Crippen LogP contribution < -0.4 is 10.6 Å². The van der Waals surface area contributed by atoms with E-state index in [-0.39, 0.29) is 0 Å². The van der Waals surface area contributed by atoms with Crippen molar-refractivity contribution in [3.05, 3.63) is 0 Å². The Morgan fingerprint density at radius 3 is 1.51 bits per heavy atom. The van der Waals surface area contributed by atoms with Gasteiger partial charge in [-0.3, -0.25) is 9.59 Å². The minimum absolute atomic E-state index is 0.895. The van der Waals surface area contributed by atoms with Crippen molar-refractivity contribution in [2.75, 3.05) is 26.4 Å². The van der Waals surface area contributed by atoms with Crippen LogP contribution in [0.15, 0.2) is 0 Å². The Morgan fingerprint density at radius 2 is 0.977 bits per heavy atom. The Kier molecular flexibility index (Phi) is 24.5. The van der Waals surface area contributed by atoms with Gasteiger partial charge in [0.25, 0.3) is 5.79 Å². The summed E-state index contributed by atoms with van der Waals surface area (Å²) in [5, 5.41) is 222. The van der Waals surface area contributed by atoms with E-state index < -0.39 is 271 Å². The van der Waals surface area contributed by atoms with Gasteiger partial charge in [-0.05, 0) is 20.8 Å². The molecule has 0 aromatic carbocycles. The minimum Gasteiger partial charge on any atom is -0.477 e. The summed E-state index contributed by atoms with van der Waals surface area (Å²) in [6.45, 7) is 1.29. The van der Waals surface area contributed by atoms with Crippen LogP contribution in [0.25, 0.3) is 0 Å². The predicted octanol–water partition coefficient (Wildman–Crippen LogP) is -13.7. The molecule has 0 saturated carbocycles. The number of rotatable bonds is 21. The highest BCUT2D eigenvalue weighted by molar-refractivity contribution is 5.76. The van der Waals surface area contributed by atoms with E-state index in [1.165, 1.54) is 20.8 Å². The number of carboxylic acids is 1. The van der Waals surface area contributed by atoms with Crippen LogP contribution in [0.5, 0.6) is 0 Å². The number of hydrogen-bond donors (Lipinski definition) is 22. The van der Waals surface area contributed by atoms with Crippen molar-refractivity contribution in [2.24, 2.45) is 0 Å². The number of nitrogens with one attached hydrogen (secondary N) is 2. The number of aliphatic carboxylic acids is 1. The lowest BCUT2D eigenvalue weighted by atomic mass is 9.90. The third kappa shape index (κ3) is 15.3. The van der Waals surface area contributed by atoms with E-state index in [0.29, 0.717) is 0 Å². The van der Waals surface area contributed by atoms with Crippen molar-refractivity contribution < 1.29 is 178 Å². The number of carboxylic acid groups (broad SMARTS) is 1. The lowest BCUT2D eigenvalue weighted by Gasteiger charge is -2.50. The van der Waals surface area contributed by atoms with Gasteiger partial charge < -0.3 is 174 Å². The summed E-state index contributed by atoms with van der Waals surface area (Å²) in [6.07, 6.45) is -64.4. The first kappa shape index (κ1) is 71.6. The molecule has 7 fully saturated rings. The number of carbonyl (C=O) groups is 3. The van der Waals surface area contributed by atoms with Crippen LogP contribution in [-0.4, -0.2) is 367 Å². The van der Waals surface area contributed by atoms with Gasteiger partial charge >= 0.3 is 5.97 Å². The van der Waals surface area contributed by atoms with E-state index in [0.717, 1.165) is 13.8 Å². The Morgan fingerprint density at radius 1 is 0.483 bits per heavy atom. The number of aliphatic hydroxyl groups excluding tert-OH is 19. The average Bonchev–Trinajstić information content (AvgIpc) is 0.985. The Balaban J connectivity index is 1.13. The number of ether oxygens (including phenoxy) is 13. The molecule has 2 amide bonds. The molecule has 0 spiro atoms.